The van der Waals surface area contributed by atoms with Gasteiger partial charge in [-0.25, -0.2) is 0 Å². The molecule has 1 heteroatoms. The molecule has 1 saturated carbocycles. The van der Waals surface area contributed by atoms with Crippen molar-refractivity contribution in [1.29, 1.82) is 0 Å². The Balaban J connectivity index is 1.13. The van der Waals surface area contributed by atoms with Crippen molar-refractivity contribution < 1.29 is 0 Å². The summed E-state index contributed by atoms with van der Waals surface area (Å²) in [7, 11) is 0. The largest absolute Gasteiger partial charge is 0.310 e. The third kappa shape index (κ3) is 5.83. The quantitative estimate of drug-likeness (QED) is 0.167. The van der Waals surface area contributed by atoms with Crippen molar-refractivity contribution in [2.45, 2.75) is 102 Å². The maximum absolute atomic E-state index is 2.57. The summed E-state index contributed by atoms with van der Waals surface area (Å²) >= 11 is 0. The summed E-state index contributed by atoms with van der Waals surface area (Å²) in [6.07, 6.45) is 3.94. The molecule has 320 valence electrons. The highest BCUT2D eigenvalue weighted by Gasteiger charge is 2.52. The molecule has 4 aliphatic rings. The van der Waals surface area contributed by atoms with Crippen molar-refractivity contribution in [3.05, 3.63) is 220 Å². The molecule has 0 heterocycles. The Labute approximate surface area is 386 Å². The van der Waals surface area contributed by atoms with E-state index < -0.39 is 5.41 Å². The highest BCUT2D eigenvalue weighted by molar-refractivity contribution is 5.98. The lowest BCUT2D eigenvalue weighted by atomic mass is 9.68. The second kappa shape index (κ2) is 14.0. The van der Waals surface area contributed by atoms with Crippen molar-refractivity contribution in [2.75, 3.05) is 4.90 Å². The Morgan fingerprint density at radius 3 is 1.42 bits per heavy atom. The molecule has 0 aromatic heterocycles. The molecule has 0 radical (unpaired) electrons. The monoisotopic (exact) mass is 841 g/mol. The van der Waals surface area contributed by atoms with Crippen LogP contribution in [0.25, 0.3) is 44.5 Å². The summed E-state index contributed by atoms with van der Waals surface area (Å²) in [5, 5.41) is 0. The van der Waals surface area contributed by atoms with Gasteiger partial charge in [0.05, 0.1) is 11.1 Å². The van der Waals surface area contributed by atoms with E-state index >= 15 is 0 Å². The van der Waals surface area contributed by atoms with Crippen LogP contribution < -0.4 is 4.90 Å². The summed E-state index contributed by atoms with van der Waals surface area (Å²) in [4.78, 5) is 2.57. The van der Waals surface area contributed by atoms with Crippen LogP contribution in [0, 0.1) is 0 Å². The number of anilines is 3. The Bertz CT molecular complexity index is 3170. The second-order valence-corrected chi connectivity index (χ2v) is 22.0. The molecule has 8 aromatic carbocycles. The van der Waals surface area contributed by atoms with Crippen molar-refractivity contribution in [3.63, 3.8) is 0 Å². The van der Waals surface area contributed by atoms with Gasteiger partial charge in [-0.1, -0.05) is 201 Å². The lowest BCUT2D eigenvalue weighted by Gasteiger charge is -2.34. The third-order valence-corrected chi connectivity index (χ3v) is 15.9. The van der Waals surface area contributed by atoms with Gasteiger partial charge in [0.15, 0.2) is 0 Å². The van der Waals surface area contributed by atoms with E-state index in [0.29, 0.717) is 5.92 Å². The van der Waals surface area contributed by atoms with Crippen LogP contribution in [0.2, 0.25) is 0 Å². The predicted octanol–water partition coefficient (Wildman–Crippen LogP) is 17.3. The fourth-order valence-electron chi connectivity index (χ4n) is 12.1. The third-order valence-electron chi connectivity index (χ3n) is 15.9. The van der Waals surface area contributed by atoms with E-state index in [9.17, 15) is 0 Å². The lowest BCUT2D eigenvalue weighted by molar-refractivity contribution is 0.420. The molecular formula is C64H59N. The van der Waals surface area contributed by atoms with E-state index in [4.69, 9.17) is 0 Å². The predicted molar refractivity (Wildman–Crippen MR) is 274 cm³/mol. The molecule has 0 atom stereocenters. The standard InChI is InChI=1S/C64H59N/c1-61(2,3)43-28-32-51-52-33-29-44(62(4,5)6)37-58(52)64(57(51)36-43)55-22-13-10-20-49(55)53-35-31-46(39-59(53)64)65(45-30-34-50-48-19-9-12-21-54(48)63(7,8)56(50)38-45)60-23-14-11-18-47(60)42-26-24-41(25-27-42)40-16-15-17-40/h9-14,18-40H,15-17H2,1-8H3. The molecule has 8 aromatic rings. The van der Waals surface area contributed by atoms with Gasteiger partial charge in [0.25, 0.3) is 0 Å². The first kappa shape index (κ1) is 40.1. The Hall–Kier alpha value is -6.44. The van der Waals surface area contributed by atoms with Gasteiger partial charge < -0.3 is 4.90 Å². The van der Waals surface area contributed by atoms with Gasteiger partial charge in [-0.15, -0.1) is 0 Å². The average molecular weight is 842 g/mol. The van der Waals surface area contributed by atoms with Gasteiger partial charge in [-0.05, 0) is 149 Å². The lowest BCUT2D eigenvalue weighted by Crippen LogP contribution is -2.27. The van der Waals surface area contributed by atoms with E-state index in [1.54, 1.807) is 0 Å². The first-order valence-corrected chi connectivity index (χ1v) is 24.0. The Morgan fingerprint density at radius 2 is 0.862 bits per heavy atom. The van der Waals surface area contributed by atoms with Crippen molar-refractivity contribution >= 4 is 17.1 Å². The fourth-order valence-corrected chi connectivity index (χ4v) is 12.1. The molecule has 0 saturated heterocycles. The molecule has 12 rings (SSSR count). The normalized spacial score (nSPS) is 16.0. The number of benzene rings is 8. The van der Waals surface area contributed by atoms with E-state index in [0.717, 1.165) is 5.69 Å². The van der Waals surface area contributed by atoms with E-state index in [1.165, 1.54) is 125 Å². The minimum Gasteiger partial charge on any atom is -0.310 e. The number of rotatable bonds is 5. The van der Waals surface area contributed by atoms with Crippen LogP contribution in [0.1, 0.15) is 131 Å². The molecule has 0 aliphatic heterocycles. The molecule has 1 nitrogen and oxygen atoms in total. The van der Waals surface area contributed by atoms with Gasteiger partial charge in [-0.3, -0.25) is 0 Å². The first-order chi connectivity index (χ1) is 31.2. The number of nitrogens with zero attached hydrogens (tertiary/aromatic N) is 1. The van der Waals surface area contributed by atoms with Crippen LogP contribution in [-0.4, -0.2) is 0 Å². The van der Waals surface area contributed by atoms with E-state index in [-0.39, 0.29) is 16.2 Å². The Kier molecular flexibility index (Phi) is 8.66. The van der Waals surface area contributed by atoms with Crippen LogP contribution in [-0.2, 0) is 21.7 Å². The highest BCUT2D eigenvalue weighted by atomic mass is 15.1. The van der Waals surface area contributed by atoms with Crippen LogP contribution in [0.3, 0.4) is 0 Å². The molecule has 4 aliphatic carbocycles. The van der Waals surface area contributed by atoms with Crippen LogP contribution in [0.15, 0.2) is 170 Å². The maximum atomic E-state index is 2.57. The number of fused-ring (bicyclic) bond motifs is 13. The molecule has 0 N–H and O–H groups in total. The molecule has 0 unspecified atom stereocenters. The van der Waals surface area contributed by atoms with Gasteiger partial charge in [0.1, 0.15) is 0 Å². The van der Waals surface area contributed by atoms with Crippen molar-refractivity contribution in [3.8, 4) is 44.5 Å². The van der Waals surface area contributed by atoms with Crippen LogP contribution >= 0.6 is 0 Å². The summed E-state index contributed by atoms with van der Waals surface area (Å²) in [5.41, 5.74) is 25.8. The average Bonchev–Trinajstić information content (AvgIpc) is 3.83. The van der Waals surface area contributed by atoms with Gasteiger partial charge in [0.2, 0.25) is 0 Å². The summed E-state index contributed by atoms with van der Waals surface area (Å²) in [5.74, 6) is 0.697. The molecule has 0 bridgehead atoms. The van der Waals surface area contributed by atoms with E-state index in [2.05, 4.69) is 230 Å². The fraction of sp³-hybridized carbons (Fsp3) is 0.250. The zero-order valence-corrected chi connectivity index (χ0v) is 39.3. The molecule has 1 spiro atoms. The SMILES string of the molecule is CC(C)(C)c1ccc2c(c1)C1(c3ccccc3-c3ccc(N(c4ccc5c(c4)C(C)(C)c4ccccc4-5)c4ccccc4-c4ccc(C5CCC5)cc4)cc31)c1cc(C(C)(C)C)ccc1-2. The molecule has 0 amide bonds. The number of hydrogen-bond acceptors (Lipinski definition) is 1. The zero-order valence-electron chi connectivity index (χ0n) is 39.3. The van der Waals surface area contributed by atoms with Crippen LogP contribution in [0.5, 0.6) is 0 Å². The summed E-state index contributed by atoms with van der Waals surface area (Å²) < 4.78 is 0. The minimum absolute atomic E-state index is 0.0119. The first-order valence-electron chi connectivity index (χ1n) is 24.0. The second-order valence-electron chi connectivity index (χ2n) is 22.0. The van der Waals surface area contributed by atoms with E-state index in [1.807, 2.05) is 0 Å². The smallest absolute Gasteiger partial charge is 0.0726 e. The zero-order chi connectivity index (χ0) is 44.6. The van der Waals surface area contributed by atoms with Crippen molar-refractivity contribution in [2.24, 2.45) is 0 Å². The summed E-state index contributed by atoms with van der Waals surface area (Å²) in [6.45, 7) is 18.9. The topological polar surface area (TPSA) is 3.24 Å². The van der Waals surface area contributed by atoms with Gasteiger partial charge in [0, 0.05) is 22.4 Å². The number of para-hydroxylation sites is 1. The molecule has 65 heavy (non-hydrogen) atoms. The van der Waals surface area contributed by atoms with Gasteiger partial charge in [-0.2, -0.15) is 0 Å². The summed E-state index contributed by atoms with van der Waals surface area (Å²) in [6, 6.07) is 66.3. The maximum Gasteiger partial charge on any atom is 0.0726 e. The highest BCUT2D eigenvalue weighted by Crippen LogP contribution is 2.64. The minimum atomic E-state index is -0.501. The number of hydrogen-bond donors (Lipinski definition) is 0. The molecule has 1 fully saturated rings. The Morgan fingerprint density at radius 1 is 0.415 bits per heavy atom. The van der Waals surface area contributed by atoms with Crippen molar-refractivity contribution in [1.82, 2.24) is 0 Å². The van der Waals surface area contributed by atoms with Gasteiger partial charge >= 0.3 is 0 Å². The molecular weight excluding hydrogens is 783 g/mol. The van der Waals surface area contributed by atoms with Crippen LogP contribution in [0.4, 0.5) is 17.1 Å².